The lowest BCUT2D eigenvalue weighted by atomic mass is 10.2. The zero-order chi connectivity index (χ0) is 13.8. The molecular weight excluding hydrogens is 282 g/mol. The molecule has 0 saturated carbocycles. The molecule has 2 rings (SSSR count). The fourth-order valence-electron chi connectivity index (χ4n) is 1.63. The molecule has 0 saturated heterocycles. The molecule has 0 aliphatic rings. The number of ether oxygens (including phenoxy) is 1. The van der Waals surface area contributed by atoms with Gasteiger partial charge in [-0.05, 0) is 35.9 Å². The highest BCUT2D eigenvalue weighted by molar-refractivity contribution is 7.80. The Labute approximate surface area is 121 Å². The number of phenolic OH excluding ortho intramolecular Hbond substituents is 1. The highest BCUT2D eigenvalue weighted by atomic mass is 35.5. The maximum atomic E-state index is 9.38. The van der Waals surface area contributed by atoms with Gasteiger partial charge in [-0.25, -0.2) is 0 Å². The lowest BCUT2D eigenvalue weighted by Gasteiger charge is -2.11. The molecule has 0 fully saturated rings. The molecule has 0 bridgehead atoms. The van der Waals surface area contributed by atoms with Gasteiger partial charge in [-0.15, -0.1) is 0 Å². The summed E-state index contributed by atoms with van der Waals surface area (Å²) in [6.07, 6.45) is 0. The third-order valence-electron chi connectivity index (χ3n) is 2.51. The molecule has 2 aromatic carbocycles. The van der Waals surface area contributed by atoms with E-state index in [1.165, 1.54) is 0 Å². The van der Waals surface area contributed by atoms with Gasteiger partial charge in [-0.3, -0.25) is 0 Å². The minimum atomic E-state index is 0.196. The van der Waals surface area contributed by atoms with Crippen LogP contribution in [0.5, 0.6) is 11.5 Å². The van der Waals surface area contributed by atoms with Crippen molar-refractivity contribution in [2.24, 2.45) is 5.73 Å². The van der Waals surface area contributed by atoms with E-state index in [-0.39, 0.29) is 10.7 Å². The first kappa shape index (κ1) is 13.6. The fourth-order valence-corrected chi connectivity index (χ4v) is 1.96. The van der Waals surface area contributed by atoms with E-state index in [4.69, 9.17) is 34.3 Å². The van der Waals surface area contributed by atoms with Crippen molar-refractivity contribution < 1.29 is 9.84 Å². The molecule has 0 amide bonds. The molecular formula is C14H12ClNO2S. The average molecular weight is 294 g/mol. The predicted molar refractivity (Wildman–Crippen MR) is 79.8 cm³/mol. The Balaban J connectivity index is 2.19. The number of hydrogen-bond donors (Lipinski definition) is 2. The van der Waals surface area contributed by atoms with Gasteiger partial charge < -0.3 is 15.6 Å². The molecule has 0 aliphatic heterocycles. The number of halogens is 1. The summed E-state index contributed by atoms with van der Waals surface area (Å²) in [7, 11) is 0. The van der Waals surface area contributed by atoms with Gasteiger partial charge in [-0.2, -0.15) is 0 Å². The molecule has 3 N–H and O–H groups in total. The number of benzene rings is 2. The Bertz CT molecular complexity index is 616. The van der Waals surface area contributed by atoms with Crippen LogP contribution in [0.1, 0.15) is 11.1 Å². The van der Waals surface area contributed by atoms with Crippen LogP contribution in [0.15, 0.2) is 42.5 Å². The van der Waals surface area contributed by atoms with E-state index in [0.717, 1.165) is 5.56 Å². The molecule has 98 valence electrons. The third kappa shape index (κ3) is 3.59. The second kappa shape index (κ2) is 5.91. The quantitative estimate of drug-likeness (QED) is 0.850. The summed E-state index contributed by atoms with van der Waals surface area (Å²) in [6, 6.07) is 11.9. The molecule has 0 unspecified atom stereocenters. The summed E-state index contributed by atoms with van der Waals surface area (Å²) in [5, 5.41) is 9.93. The summed E-state index contributed by atoms with van der Waals surface area (Å²) in [5.74, 6) is 0.727. The molecule has 19 heavy (non-hydrogen) atoms. The number of aromatic hydroxyl groups is 1. The van der Waals surface area contributed by atoms with Gasteiger partial charge >= 0.3 is 0 Å². The molecule has 0 heterocycles. The van der Waals surface area contributed by atoms with Crippen molar-refractivity contribution in [3.8, 4) is 11.5 Å². The minimum absolute atomic E-state index is 0.196. The van der Waals surface area contributed by atoms with Gasteiger partial charge in [0, 0.05) is 5.02 Å². The average Bonchev–Trinajstić information content (AvgIpc) is 2.36. The number of thiocarbonyl (C=S) groups is 1. The van der Waals surface area contributed by atoms with Crippen LogP contribution in [-0.2, 0) is 6.61 Å². The van der Waals surface area contributed by atoms with Gasteiger partial charge in [0.15, 0.2) is 0 Å². The van der Waals surface area contributed by atoms with Crippen molar-refractivity contribution in [2.45, 2.75) is 6.61 Å². The van der Waals surface area contributed by atoms with Gasteiger partial charge in [0.2, 0.25) is 0 Å². The summed E-state index contributed by atoms with van der Waals surface area (Å²) in [5.41, 5.74) is 7.11. The minimum Gasteiger partial charge on any atom is -0.508 e. The van der Waals surface area contributed by atoms with E-state index in [1.807, 2.05) is 6.07 Å². The normalized spacial score (nSPS) is 10.2. The smallest absolute Gasteiger partial charge is 0.131 e. The molecule has 0 aliphatic carbocycles. The van der Waals surface area contributed by atoms with Crippen LogP contribution in [0, 0.1) is 0 Å². The van der Waals surface area contributed by atoms with E-state index in [1.54, 1.807) is 36.4 Å². The topological polar surface area (TPSA) is 55.5 Å². The van der Waals surface area contributed by atoms with E-state index in [9.17, 15) is 5.11 Å². The van der Waals surface area contributed by atoms with Gasteiger partial charge in [0.1, 0.15) is 23.1 Å². The van der Waals surface area contributed by atoms with Crippen LogP contribution < -0.4 is 10.5 Å². The Kier molecular flexibility index (Phi) is 4.24. The van der Waals surface area contributed by atoms with Crippen molar-refractivity contribution in [3.05, 3.63) is 58.6 Å². The maximum absolute atomic E-state index is 9.38. The number of phenols is 1. The molecule has 3 nitrogen and oxygen atoms in total. The molecule has 5 heteroatoms. The highest BCUT2D eigenvalue weighted by Gasteiger charge is 2.08. The van der Waals surface area contributed by atoms with Crippen molar-refractivity contribution >= 4 is 28.8 Å². The molecule has 2 aromatic rings. The SMILES string of the molecule is NC(=S)c1ccc(Cl)cc1OCc1cccc(O)c1. The first-order valence-corrected chi connectivity index (χ1v) is 6.35. The second-order valence-corrected chi connectivity index (χ2v) is 4.84. The van der Waals surface area contributed by atoms with Crippen molar-refractivity contribution in [3.63, 3.8) is 0 Å². The van der Waals surface area contributed by atoms with Crippen LogP contribution in [-0.4, -0.2) is 10.1 Å². The van der Waals surface area contributed by atoms with Crippen LogP contribution in [0.4, 0.5) is 0 Å². The molecule has 0 spiro atoms. The number of hydrogen-bond acceptors (Lipinski definition) is 3. The third-order valence-corrected chi connectivity index (χ3v) is 2.97. The molecule has 0 radical (unpaired) electrons. The van der Waals surface area contributed by atoms with Crippen LogP contribution >= 0.6 is 23.8 Å². The van der Waals surface area contributed by atoms with E-state index < -0.39 is 0 Å². The molecule has 0 atom stereocenters. The van der Waals surface area contributed by atoms with Gasteiger partial charge in [0.25, 0.3) is 0 Å². The number of rotatable bonds is 4. The van der Waals surface area contributed by atoms with Crippen LogP contribution in [0.2, 0.25) is 5.02 Å². The highest BCUT2D eigenvalue weighted by Crippen LogP contribution is 2.24. The Hall–Kier alpha value is -1.78. The first-order valence-electron chi connectivity index (χ1n) is 5.56. The summed E-state index contributed by atoms with van der Waals surface area (Å²) < 4.78 is 5.66. The van der Waals surface area contributed by atoms with Gasteiger partial charge in [-0.1, -0.05) is 36.0 Å². The summed E-state index contributed by atoms with van der Waals surface area (Å²) in [6.45, 7) is 0.296. The largest absolute Gasteiger partial charge is 0.508 e. The van der Waals surface area contributed by atoms with Crippen molar-refractivity contribution in [1.82, 2.24) is 0 Å². The summed E-state index contributed by atoms with van der Waals surface area (Å²) in [4.78, 5) is 0.252. The lowest BCUT2D eigenvalue weighted by molar-refractivity contribution is 0.305. The number of nitrogens with two attached hydrogens (primary N) is 1. The Morgan fingerprint density at radius 2 is 2.05 bits per heavy atom. The Morgan fingerprint density at radius 1 is 1.26 bits per heavy atom. The van der Waals surface area contributed by atoms with E-state index >= 15 is 0 Å². The first-order chi connectivity index (χ1) is 9.06. The van der Waals surface area contributed by atoms with Crippen LogP contribution in [0.25, 0.3) is 0 Å². The van der Waals surface area contributed by atoms with E-state index in [0.29, 0.717) is 22.9 Å². The maximum Gasteiger partial charge on any atom is 0.131 e. The zero-order valence-electron chi connectivity index (χ0n) is 9.97. The monoisotopic (exact) mass is 293 g/mol. The van der Waals surface area contributed by atoms with Crippen LogP contribution in [0.3, 0.4) is 0 Å². The van der Waals surface area contributed by atoms with Gasteiger partial charge in [0.05, 0.1) is 5.56 Å². The zero-order valence-corrected chi connectivity index (χ0v) is 11.5. The van der Waals surface area contributed by atoms with E-state index in [2.05, 4.69) is 0 Å². The van der Waals surface area contributed by atoms with Crippen molar-refractivity contribution in [1.29, 1.82) is 0 Å². The fraction of sp³-hybridized carbons (Fsp3) is 0.0714. The lowest BCUT2D eigenvalue weighted by Crippen LogP contribution is -2.11. The second-order valence-electron chi connectivity index (χ2n) is 3.96. The Morgan fingerprint density at radius 3 is 2.74 bits per heavy atom. The standard InChI is InChI=1S/C14H12ClNO2S/c15-10-4-5-12(14(16)19)13(7-10)18-8-9-2-1-3-11(17)6-9/h1-7,17H,8H2,(H2,16,19). The predicted octanol–water partition coefficient (Wildman–Crippen LogP) is 3.26. The molecule has 0 aromatic heterocycles. The van der Waals surface area contributed by atoms with Crippen molar-refractivity contribution in [2.75, 3.05) is 0 Å². The summed E-state index contributed by atoms with van der Waals surface area (Å²) >= 11 is 10.9.